The third-order valence-electron chi connectivity index (χ3n) is 10.5. The van der Waals surface area contributed by atoms with Crippen molar-refractivity contribution in [1.82, 2.24) is 29.3 Å². The number of alkyl halides is 1. The Kier molecular flexibility index (Phi) is 19.8. The number of halogens is 1. The number of nitrogens with one attached hydrogen (secondary N) is 4. The molecule has 4 aromatic rings. The van der Waals surface area contributed by atoms with Gasteiger partial charge in [-0.25, -0.2) is 24.2 Å². The van der Waals surface area contributed by atoms with E-state index in [9.17, 15) is 44.1 Å². The Morgan fingerprint density at radius 2 is 1.06 bits per heavy atom. The Bertz CT molecular complexity index is 2630. The first-order valence-corrected chi connectivity index (χ1v) is 27.6. The van der Waals surface area contributed by atoms with Crippen molar-refractivity contribution in [2.24, 2.45) is 0 Å². The molecule has 2 aliphatic rings. The van der Waals surface area contributed by atoms with Gasteiger partial charge in [-0.2, -0.15) is 0 Å². The molecule has 7 N–H and O–H groups in total. The number of rotatable bonds is 20. The van der Waals surface area contributed by atoms with Gasteiger partial charge < -0.3 is 52.4 Å². The summed E-state index contributed by atoms with van der Waals surface area (Å²) >= 11 is 11.2. The number of ether oxygens (including phenoxy) is 4. The van der Waals surface area contributed by atoms with Crippen molar-refractivity contribution in [3.05, 3.63) is 127 Å². The van der Waals surface area contributed by atoms with E-state index in [1.54, 1.807) is 95.3 Å². The second-order valence-electron chi connectivity index (χ2n) is 17.4. The van der Waals surface area contributed by atoms with E-state index in [1.807, 2.05) is 4.98 Å². The molecule has 0 spiro atoms. The number of nitrogens with zero attached hydrogens (tertiary/aromatic N) is 2. The number of aliphatic hydroxyl groups is 3. The van der Waals surface area contributed by atoms with E-state index in [0.717, 1.165) is 40.6 Å². The molecule has 0 bridgehead atoms. The van der Waals surface area contributed by atoms with Crippen LogP contribution in [0.15, 0.2) is 104 Å². The summed E-state index contributed by atoms with van der Waals surface area (Å²) in [4.78, 5) is 76.0. The Morgan fingerprint density at radius 1 is 0.681 bits per heavy atom. The quantitative estimate of drug-likeness (QED) is 0.0494. The fourth-order valence-corrected chi connectivity index (χ4v) is 11.8. The number of aromatic amines is 2. The fraction of sp³-hybridized carbons (Fsp3) is 0.500. The molecular weight excluding hydrogens is 1030 g/mol. The highest BCUT2D eigenvalue weighted by atomic mass is 32.5. The van der Waals surface area contributed by atoms with E-state index in [-0.39, 0.29) is 18.8 Å². The molecule has 12 atom stereocenters. The van der Waals surface area contributed by atoms with Gasteiger partial charge in [-0.15, -0.1) is 0 Å². The topological polar surface area (TPSA) is 302 Å². The first kappa shape index (κ1) is 58.1. The number of benzene rings is 2. The van der Waals surface area contributed by atoms with Gasteiger partial charge in [0.15, 0.2) is 18.1 Å². The maximum absolute atomic E-state index is 15.5. The Hall–Kier alpha value is -4.79. The first-order chi connectivity index (χ1) is 33.6. The van der Waals surface area contributed by atoms with Gasteiger partial charge in [0.05, 0.1) is 25.4 Å². The predicted octanol–water partition coefficient (Wildman–Crippen LogP) is 2.57. The van der Waals surface area contributed by atoms with Crippen LogP contribution in [0.25, 0.3) is 0 Å². The molecule has 0 aliphatic carbocycles. The van der Waals surface area contributed by atoms with Crippen molar-refractivity contribution in [1.29, 1.82) is 0 Å². The maximum atomic E-state index is 15.5. The van der Waals surface area contributed by atoms with Crippen LogP contribution < -0.4 is 41.7 Å². The zero-order valence-corrected chi connectivity index (χ0v) is 43.7. The molecule has 2 aromatic carbocycles. The minimum atomic E-state index is -3.47. The molecule has 2 saturated heterocycles. The number of hydrogen-bond donors (Lipinski definition) is 7. The number of hydrogen-bond acceptors (Lipinski definition) is 19. The van der Waals surface area contributed by atoms with Crippen molar-refractivity contribution in [2.45, 2.75) is 128 Å². The first-order valence-electron chi connectivity index (χ1n) is 22.3. The van der Waals surface area contributed by atoms with E-state index >= 15 is 4.39 Å². The summed E-state index contributed by atoms with van der Waals surface area (Å²) < 4.78 is 62.6. The second-order valence-corrected chi connectivity index (χ2v) is 23.7. The number of para-hydroxylation sites is 2. The number of H-pyrrole nitrogens is 2. The van der Waals surface area contributed by atoms with Gasteiger partial charge in [-0.1, -0.05) is 36.4 Å². The van der Waals surface area contributed by atoms with Crippen molar-refractivity contribution < 1.29 is 66.3 Å². The summed E-state index contributed by atoms with van der Waals surface area (Å²) in [5.74, 6) is -0.392. The van der Waals surface area contributed by atoms with Gasteiger partial charge in [0.1, 0.15) is 53.6 Å². The molecule has 2 aliphatic heterocycles. The van der Waals surface area contributed by atoms with Crippen LogP contribution in [0.3, 0.4) is 0 Å². The number of aromatic nitrogens is 4. The molecule has 0 radical (unpaired) electrons. The molecule has 72 heavy (non-hydrogen) atoms. The van der Waals surface area contributed by atoms with Crippen LogP contribution in [-0.4, -0.2) is 120 Å². The zero-order valence-electron chi connectivity index (χ0n) is 40.3. The van der Waals surface area contributed by atoms with E-state index < -0.39 is 115 Å². The van der Waals surface area contributed by atoms with Gasteiger partial charge in [-0.3, -0.25) is 38.3 Å². The van der Waals surface area contributed by atoms with Crippen LogP contribution in [0.2, 0.25) is 0 Å². The lowest BCUT2D eigenvalue weighted by Crippen LogP contribution is -2.47. The normalized spacial score (nSPS) is 26.4. The standard InChI is InChI=1S/C22H29FN3O8PS.C22H30N3O9PS/c1-13(2)32-19(29)14(3)25-35(36,34-15-8-6-5-7-9-15)31-12-16-18(28)22(4,23)20(33-16)26-11-10-17(27)24-21(26)30;1-13(2)32-19(28)14(3)24-35(36,34-15-8-6-5-7-9-15)31-12-16-18(27)22(4,30)20(33-16)25-11-10-17(26)23-21(25)29/h5-11,13-14,16,18,20,28H,12H2,1-4H3,(H,25,36)(H,24,27,30);5-11,13-14,16,18,20,27,30H,12H2,1-4H3,(H,24,36)(H,23,26,29)/t2*14?,16?,18?,20-,22?,35?/m11/s1. The molecule has 4 heterocycles. The Labute approximate surface area is 422 Å². The molecule has 2 aromatic heterocycles. The van der Waals surface area contributed by atoms with E-state index in [2.05, 4.69) is 15.2 Å². The summed E-state index contributed by atoms with van der Waals surface area (Å²) in [7, 11) is 0. The second kappa shape index (κ2) is 24.5. The lowest BCUT2D eigenvalue weighted by molar-refractivity contribution is -0.149. The molecule has 0 amide bonds. The van der Waals surface area contributed by atoms with E-state index in [1.165, 1.54) is 13.8 Å². The van der Waals surface area contributed by atoms with Gasteiger partial charge >= 0.3 is 36.6 Å². The van der Waals surface area contributed by atoms with Crippen molar-refractivity contribution in [2.75, 3.05) is 13.2 Å². The lowest BCUT2D eigenvalue weighted by atomic mass is 9.96. The van der Waals surface area contributed by atoms with E-state index in [0.29, 0.717) is 11.5 Å². The number of carbonyl (C=O) groups excluding carboxylic acids is 2. The largest absolute Gasteiger partial charge is 0.462 e. The average Bonchev–Trinajstić information content (AvgIpc) is 3.66. The van der Waals surface area contributed by atoms with Crippen LogP contribution in [0.4, 0.5) is 4.39 Å². The molecule has 6 rings (SSSR count). The number of carbonyl (C=O) groups is 2. The minimum absolute atomic E-state index is 0.340. The summed E-state index contributed by atoms with van der Waals surface area (Å²) in [5, 5.41) is 38.0. The number of aliphatic hydroxyl groups excluding tert-OH is 2. The highest BCUT2D eigenvalue weighted by Gasteiger charge is 2.56. The summed E-state index contributed by atoms with van der Waals surface area (Å²) in [5.41, 5.74) is -7.34. The van der Waals surface area contributed by atoms with Gasteiger partial charge in [0, 0.05) is 24.5 Å². The van der Waals surface area contributed by atoms with Crippen molar-refractivity contribution >= 4 is 48.8 Å². The highest BCUT2D eigenvalue weighted by molar-refractivity contribution is 8.09. The summed E-state index contributed by atoms with van der Waals surface area (Å²) in [6.45, 7) is 4.59. The van der Waals surface area contributed by atoms with Gasteiger partial charge in [0.2, 0.25) is 0 Å². The zero-order chi connectivity index (χ0) is 53.3. The molecular formula is C44H59FN6O17P2S2. The molecule has 28 heteroatoms. The molecule has 2 fully saturated rings. The van der Waals surface area contributed by atoms with Crippen molar-refractivity contribution in [3.8, 4) is 11.5 Å². The van der Waals surface area contributed by atoms with Crippen LogP contribution in [0.1, 0.15) is 67.8 Å². The average molecular weight is 1090 g/mol. The lowest BCUT2D eigenvalue weighted by Gasteiger charge is -2.28. The van der Waals surface area contributed by atoms with Crippen LogP contribution >= 0.6 is 13.3 Å². The Balaban J connectivity index is 0.000000267. The summed E-state index contributed by atoms with van der Waals surface area (Å²) in [6.07, 6.45) is -6.95. The minimum Gasteiger partial charge on any atom is -0.462 e. The SMILES string of the molecule is CC(C)OC(=O)C(C)NP(=S)(OCC1O[C@@H](n2ccc(=O)[nH]c2=O)C(C)(F)C1O)Oc1ccccc1.CC(C)OC(=O)C(C)NP(=S)(OCC1O[C@@H](n2ccc(=O)[nH]c2=O)C(C)(O)C1O)Oc1ccccc1. The van der Waals surface area contributed by atoms with Crippen LogP contribution in [0.5, 0.6) is 11.5 Å². The maximum Gasteiger partial charge on any atom is 0.330 e. The third kappa shape index (κ3) is 15.2. The smallest absolute Gasteiger partial charge is 0.330 e. The molecule has 0 saturated carbocycles. The van der Waals surface area contributed by atoms with Gasteiger partial charge in [-0.05, 0) is 103 Å². The Morgan fingerprint density at radius 3 is 1.44 bits per heavy atom. The van der Waals surface area contributed by atoms with Crippen LogP contribution in [0, 0.1) is 0 Å². The monoisotopic (exact) mass is 1090 g/mol. The number of esters is 2. The molecule has 10 unspecified atom stereocenters. The predicted molar refractivity (Wildman–Crippen MR) is 265 cm³/mol. The third-order valence-corrected chi connectivity index (χ3v) is 15.5. The van der Waals surface area contributed by atoms with Crippen LogP contribution in [-0.2, 0) is 61.2 Å². The highest BCUT2D eigenvalue weighted by Crippen LogP contribution is 2.49. The van der Waals surface area contributed by atoms with Gasteiger partial charge in [0.25, 0.3) is 11.1 Å². The molecule has 396 valence electrons. The summed E-state index contributed by atoms with van der Waals surface area (Å²) in [6, 6.07) is 17.4. The van der Waals surface area contributed by atoms with E-state index in [4.69, 9.17) is 60.7 Å². The van der Waals surface area contributed by atoms with Crippen molar-refractivity contribution in [3.63, 3.8) is 0 Å². The molecule has 23 nitrogen and oxygen atoms in total. The fourth-order valence-electron chi connectivity index (χ4n) is 6.96.